The zero-order valence-electron chi connectivity index (χ0n) is 14.2. The van der Waals surface area contributed by atoms with Gasteiger partial charge < -0.3 is 15.4 Å². The Bertz CT molecular complexity index is 790. The van der Waals surface area contributed by atoms with E-state index in [9.17, 15) is 19.7 Å². The number of rotatable bonds is 8. The first kappa shape index (κ1) is 18.9. The molecule has 0 aliphatic rings. The highest BCUT2D eigenvalue weighted by molar-refractivity contribution is 5.94. The first-order valence-corrected chi connectivity index (χ1v) is 7.94. The maximum absolute atomic E-state index is 11.9. The van der Waals surface area contributed by atoms with Crippen molar-refractivity contribution in [3.05, 3.63) is 69.8 Å². The minimum absolute atomic E-state index is 0.0194. The van der Waals surface area contributed by atoms with Crippen LogP contribution in [0.4, 0.5) is 5.69 Å². The van der Waals surface area contributed by atoms with Gasteiger partial charge in [-0.15, -0.1) is 0 Å². The van der Waals surface area contributed by atoms with Gasteiger partial charge in [0.05, 0.1) is 18.0 Å². The molecule has 8 heteroatoms. The molecule has 0 bridgehead atoms. The van der Waals surface area contributed by atoms with Gasteiger partial charge in [-0.1, -0.05) is 12.1 Å². The lowest BCUT2D eigenvalue weighted by Crippen LogP contribution is -2.24. The normalized spacial score (nSPS) is 10.0. The Hall–Kier alpha value is -3.42. The van der Waals surface area contributed by atoms with Crippen LogP contribution in [0.2, 0.25) is 0 Å². The molecule has 0 fully saturated rings. The predicted octanol–water partition coefficient (Wildman–Crippen LogP) is 2.04. The van der Waals surface area contributed by atoms with Crippen molar-refractivity contribution in [1.82, 2.24) is 10.6 Å². The quantitative estimate of drug-likeness (QED) is 0.555. The molecule has 0 radical (unpaired) electrons. The smallest absolute Gasteiger partial charge is 0.269 e. The van der Waals surface area contributed by atoms with Crippen LogP contribution in [0.15, 0.2) is 48.5 Å². The third-order valence-electron chi connectivity index (χ3n) is 3.55. The number of non-ortho nitro benzene ring substituents is 1. The zero-order chi connectivity index (χ0) is 18.9. The molecule has 136 valence electrons. The molecule has 2 rings (SSSR count). The number of nitrogens with zero attached hydrogens (tertiary/aromatic N) is 1. The van der Waals surface area contributed by atoms with Crippen LogP contribution in [-0.4, -0.2) is 30.4 Å². The Morgan fingerprint density at radius 3 is 2.54 bits per heavy atom. The average Bonchev–Trinajstić information content (AvgIpc) is 2.66. The van der Waals surface area contributed by atoms with Crippen molar-refractivity contribution in [1.29, 1.82) is 0 Å². The van der Waals surface area contributed by atoms with Crippen LogP contribution < -0.4 is 15.4 Å². The summed E-state index contributed by atoms with van der Waals surface area (Å²) in [7, 11) is 1.56. The lowest BCUT2D eigenvalue weighted by atomic mass is 10.1. The number of benzene rings is 2. The fraction of sp³-hybridized carbons (Fsp3) is 0.222. The molecule has 2 N–H and O–H groups in total. The molecule has 0 aliphatic heterocycles. The number of ether oxygens (including phenoxy) is 1. The lowest BCUT2D eigenvalue weighted by Gasteiger charge is -2.08. The van der Waals surface area contributed by atoms with Crippen molar-refractivity contribution in [2.24, 2.45) is 0 Å². The monoisotopic (exact) mass is 357 g/mol. The standard InChI is InChI=1S/C18H19N3O5/c1-19-18(23)14-4-2-3-13(11-14)12-20-17(22)9-10-26-16-7-5-15(6-8-16)21(24)25/h2-8,11H,9-10,12H2,1H3,(H,19,23)(H,20,22). The molecule has 0 saturated heterocycles. The third-order valence-corrected chi connectivity index (χ3v) is 3.55. The largest absolute Gasteiger partial charge is 0.493 e. The van der Waals surface area contributed by atoms with Gasteiger partial charge in [-0.25, -0.2) is 0 Å². The number of nitro groups is 1. The summed E-state index contributed by atoms with van der Waals surface area (Å²) in [6.45, 7) is 0.461. The van der Waals surface area contributed by atoms with Crippen molar-refractivity contribution in [3.8, 4) is 5.75 Å². The van der Waals surface area contributed by atoms with Crippen LogP contribution in [0.1, 0.15) is 22.3 Å². The van der Waals surface area contributed by atoms with Gasteiger partial charge in [0, 0.05) is 31.3 Å². The van der Waals surface area contributed by atoms with Gasteiger partial charge in [0.25, 0.3) is 11.6 Å². The van der Waals surface area contributed by atoms with Crippen molar-refractivity contribution >= 4 is 17.5 Å². The Balaban J connectivity index is 1.75. The van der Waals surface area contributed by atoms with E-state index >= 15 is 0 Å². The summed E-state index contributed by atoms with van der Waals surface area (Å²) in [5.41, 5.74) is 1.32. The SMILES string of the molecule is CNC(=O)c1cccc(CNC(=O)CCOc2ccc([N+](=O)[O-])cc2)c1. The molecular weight excluding hydrogens is 338 g/mol. The molecule has 0 heterocycles. The van der Waals surface area contributed by atoms with Gasteiger partial charge >= 0.3 is 0 Å². The van der Waals surface area contributed by atoms with Crippen molar-refractivity contribution in [3.63, 3.8) is 0 Å². The molecule has 26 heavy (non-hydrogen) atoms. The Labute approximate surface area is 150 Å². The summed E-state index contributed by atoms with van der Waals surface area (Å²) < 4.78 is 5.39. The molecule has 0 aliphatic carbocycles. The Morgan fingerprint density at radius 2 is 1.88 bits per heavy atom. The van der Waals surface area contributed by atoms with Crippen LogP contribution in [0.25, 0.3) is 0 Å². The molecule has 0 saturated carbocycles. The molecule has 8 nitrogen and oxygen atoms in total. The van der Waals surface area contributed by atoms with Crippen molar-refractivity contribution < 1.29 is 19.2 Å². The number of carbonyl (C=O) groups is 2. The number of nitrogens with one attached hydrogen (secondary N) is 2. The van der Waals surface area contributed by atoms with E-state index in [4.69, 9.17) is 4.74 Å². The van der Waals surface area contributed by atoms with Gasteiger partial charge in [0.15, 0.2) is 0 Å². The van der Waals surface area contributed by atoms with Crippen LogP contribution in [0, 0.1) is 10.1 Å². The van der Waals surface area contributed by atoms with Crippen molar-refractivity contribution in [2.45, 2.75) is 13.0 Å². The number of carbonyl (C=O) groups excluding carboxylic acids is 2. The minimum atomic E-state index is -0.490. The highest BCUT2D eigenvalue weighted by Crippen LogP contribution is 2.17. The molecule has 0 spiro atoms. The van der Waals surface area contributed by atoms with Gasteiger partial charge in [0.1, 0.15) is 5.75 Å². The average molecular weight is 357 g/mol. The van der Waals surface area contributed by atoms with Crippen LogP contribution >= 0.6 is 0 Å². The van der Waals surface area contributed by atoms with E-state index in [1.165, 1.54) is 24.3 Å². The fourth-order valence-electron chi connectivity index (χ4n) is 2.18. The molecule has 0 aromatic heterocycles. The second kappa shape index (κ2) is 9.16. The fourth-order valence-corrected chi connectivity index (χ4v) is 2.18. The Kier molecular flexibility index (Phi) is 6.67. The van der Waals surface area contributed by atoms with Crippen LogP contribution in [0.3, 0.4) is 0 Å². The number of hydrogen-bond donors (Lipinski definition) is 2. The minimum Gasteiger partial charge on any atom is -0.493 e. The summed E-state index contributed by atoms with van der Waals surface area (Å²) in [4.78, 5) is 33.5. The second-order valence-corrected chi connectivity index (χ2v) is 5.41. The van der Waals surface area contributed by atoms with E-state index in [2.05, 4.69) is 10.6 Å². The van der Waals surface area contributed by atoms with E-state index in [0.717, 1.165) is 5.56 Å². The topological polar surface area (TPSA) is 111 Å². The number of amides is 2. The van der Waals surface area contributed by atoms with Gasteiger partial charge in [-0.2, -0.15) is 0 Å². The van der Waals surface area contributed by atoms with E-state index in [1.54, 1.807) is 25.2 Å². The maximum Gasteiger partial charge on any atom is 0.269 e. The number of nitro benzene ring substituents is 1. The van der Waals surface area contributed by atoms with Gasteiger partial charge in [0.2, 0.25) is 5.91 Å². The molecule has 0 atom stereocenters. The molecule has 0 unspecified atom stereocenters. The highest BCUT2D eigenvalue weighted by Gasteiger charge is 2.07. The van der Waals surface area contributed by atoms with Crippen LogP contribution in [0.5, 0.6) is 5.75 Å². The lowest BCUT2D eigenvalue weighted by molar-refractivity contribution is -0.384. The van der Waals surface area contributed by atoms with Crippen molar-refractivity contribution in [2.75, 3.05) is 13.7 Å². The van der Waals surface area contributed by atoms with Crippen LogP contribution in [-0.2, 0) is 11.3 Å². The van der Waals surface area contributed by atoms with E-state index < -0.39 is 4.92 Å². The van der Waals surface area contributed by atoms with E-state index in [1.807, 2.05) is 6.07 Å². The summed E-state index contributed by atoms with van der Waals surface area (Å²) in [5, 5.41) is 15.9. The van der Waals surface area contributed by atoms with Gasteiger partial charge in [-0.3, -0.25) is 19.7 Å². The molecule has 2 amide bonds. The second-order valence-electron chi connectivity index (χ2n) is 5.41. The summed E-state index contributed by atoms with van der Waals surface area (Å²) >= 11 is 0. The summed E-state index contributed by atoms with van der Waals surface area (Å²) in [6, 6.07) is 12.6. The first-order chi connectivity index (χ1) is 12.5. The Morgan fingerprint density at radius 1 is 1.15 bits per heavy atom. The number of hydrogen-bond acceptors (Lipinski definition) is 5. The predicted molar refractivity (Wildman–Crippen MR) is 94.9 cm³/mol. The van der Waals surface area contributed by atoms with E-state index in [0.29, 0.717) is 17.9 Å². The highest BCUT2D eigenvalue weighted by atomic mass is 16.6. The molecule has 2 aromatic carbocycles. The zero-order valence-corrected chi connectivity index (χ0v) is 14.2. The summed E-state index contributed by atoms with van der Waals surface area (Å²) in [6.07, 6.45) is 0.145. The first-order valence-electron chi connectivity index (χ1n) is 7.94. The summed E-state index contributed by atoms with van der Waals surface area (Å²) in [5.74, 6) is 0.0774. The van der Waals surface area contributed by atoms with Gasteiger partial charge in [-0.05, 0) is 29.8 Å². The molecule has 2 aromatic rings. The third kappa shape index (κ3) is 5.59. The maximum atomic E-state index is 11.9. The van der Waals surface area contributed by atoms with E-state index in [-0.39, 0.29) is 30.5 Å². The molecular formula is C18H19N3O5.